The molecule has 1 fully saturated rings. The summed E-state index contributed by atoms with van der Waals surface area (Å²) in [5.41, 5.74) is 0.833. The molecule has 3 heterocycles. The fourth-order valence-electron chi connectivity index (χ4n) is 2.36. The maximum absolute atomic E-state index is 6.24. The predicted molar refractivity (Wildman–Crippen MR) is 86.8 cm³/mol. The molecule has 0 amide bonds. The second kappa shape index (κ2) is 5.08. The number of aromatic nitrogens is 3. The maximum atomic E-state index is 6.24. The van der Waals surface area contributed by atoms with Crippen molar-refractivity contribution in [2.75, 3.05) is 0 Å². The Balaban J connectivity index is 1.99. The number of rotatable bonds is 2. The standard InChI is InChI=1S/C15H19BClN3O2/c1-10-18-6-7-20(10)12-8-11(9-19-13(12)17)16-21-14(2,3)15(4,5)22-16/h6-9H,1-5H3. The molecular weight excluding hydrogens is 300 g/mol. The molecule has 1 saturated heterocycles. The Hall–Kier alpha value is -1.37. The van der Waals surface area contributed by atoms with E-state index in [1.54, 1.807) is 12.4 Å². The number of hydrogen-bond donors (Lipinski definition) is 0. The smallest absolute Gasteiger partial charge is 0.399 e. The van der Waals surface area contributed by atoms with Gasteiger partial charge in [-0.05, 0) is 40.7 Å². The monoisotopic (exact) mass is 319 g/mol. The Morgan fingerprint density at radius 1 is 1.14 bits per heavy atom. The zero-order valence-corrected chi connectivity index (χ0v) is 14.2. The molecule has 0 spiro atoms. The molecule has 0 bridgehead atoms. The van der Waals surface area contributed by atoms with Crippen LogP contribution >= 0.6 is 11.6 Å². The van der Waals surface area contributed by atoms with Crippen molar-refractivity contribution in [1.29, 1.82) is 0 Å². The van der Waals surface area contributed by atoms with Gasteiger partial charge in [0, 0.05) is 24.1 Å². The lowest BCUT2D eigenvalue weighted by molar-refractivity contribution is 0.00578. The third-order valence-electron chi connectivity index (χ3n) is 4.45. The molecule has 3 rings (SSSR count). The van der Waals surface area contributed by atoms with Crippen LogP contribution < -0.4 is 5.46 Å². The summed E-state index contributed by atoms with van der Waals surface area (Å²) in [5.74, 6) is 0.842. The van der Waals surface area contributed by atoms with Crippen LogP contribution in [0.5, 0.6) is 0 Å². The lowest BCUT2D eigenvalue weighted by atomic mass is 9.80. The van der Waals surface area contributed by atoms with Crippen LogP contribution in [-0.4, -0.2) is 32.9 Å². The molecule has 1 aliphatic heterocycles. The second-order valence-electron chi connectivity index (χ2n) is 6.51. The maximum Gasteiger partial charge on any atom is 0.496 e. The summed E-state index contributed by atoms with van der Waals surface area (Å²) >= 11 is 6.24. The Bertz CT molecular complexity index is 699. The highest BCUT2D eigenvalue weighted by Crippen LogP contribution is 2.36. The van der Waals surface area contributed by atoms with Gasteiger partial charge in [-0.1, -0.05) is 11.6 Å². The van der Waals surface area contributed by atoms with E-state index in [1.807, 2.05) is 51.4 Å². The van der Waals surface area contributed by atoms with Gasteiger partial charge in [0.05, 0.1) is 16.9 Å². The van der Waals surface area contributed by atoms with Crippen molar-refractivity contribution in [3.63, 3.8) is 0 Å². The van der Waals surface area contributed by atoms with Gasteiger partial charge in [-0.3, -0.25) is 0 Å². The summed E-state index contributed by atoms with van der Waals surface area (Å²) in [4.78, 5) is 8.49. The average Bonchev–Trinajstić information content (AvgIpc) is 2.92. The average molecular weight is 320 g/mol. The normalized spacial score (nSPS) is 19.6. The Labute approximate surface area is 135 Å². The van der Waals surface area contributed by atoms with Crippen molar-refractivity contribution in [1.82, 2.24) is 14.5 Å². The van der Waals surface area contributed by atoms with Crippen molar-refractivity contribution in [2.45, 2.75) is 45.8 Å². The van der Waals surface area contributed by atoms with Crippen LogP contribution in [0.3, 0.4) is 0 Å². The molecule has 5 nitrogen and oxygen atoms in total. The van der Waals surface area contributed by atoms with E-state index in [1.165, 1.54) is 0 Å². The SMILES string of the molecule is Cc1nccn1-c1cc(B2OC(C)(C)C(C)(C)O2)cnc1Cl. The molecule has 2 aromatic heterocycles. The van der Waals surface area contributed by atoms with E-state index < -0.39 is 7.12 Å². The summed E-state index contributed by atoms with van der Waals surface area (Å²) in [6, 6.07) is 1.94. The molecular formula is C15H19BClN3O2. The number of nitrogens with zero attached hydrogens (tertiary/aromatic N) is 3. The van der Waals surface area contributed by atoms with Gasteiger partial charge >= 0.3 is 7.12 Å². The summed E-state index contributed by atoms with van der Waals surface area (Å²) in [6.45, 7) is 10.0. The molecule has 0 aliphatic carbocycles. The summed E-state index contributed by atoms with van der Waals surface area (Å²) in [7, 11) is -0.461. The molecule has 0 unspecified atom stereocenters. The first-order valence-electron chi connectivity index (χ1n) is 7.23. The highest BCUT2D eigenvalue weighted by molar-refractivity contribution is 6.62. The van der Waals surface area contributed by atoms with Crippen LogP contribution in [0.15, 0.2) is 24.7 Å². The van der Waals surface area contributed by atoms with Crippen molar-refractivity contribution in [3.05, 3.63) is 35.6 Å². The Kier molecular flexibility index (Phi) is 3.59. The topological polar surface area (TPSA) is 49.2 Å². The number of halogens is 1. The minimum absolute atomic E-state index is 0.387. The molecule has 7 heteroatoms. The number of imidazole rings is 1. The molecule has 0 N–H and O–H groups in total. The highest BCUT2D eigenvalue weighted by atomic mass is 35.5. The van der Waals surface area contributed by atoms with Crippen molar-refractivity contribution in [2.24, 2.45) is 0 Å². The lowest BCUT2D eigenvalue weighted by Crippen LogP contribution is -2.41. The second-order valence-corrected chi connectivity index (χ2v) is 6.87. The molecule has 116 valence electrons. The van der Waals surface area contributed by atoms with Crippen LogP contribution in [-0.2, 0) is 9.31 Å². The van der Waals surface area contributed by atoms with Crippen molar-refractivity contribution in [3.8, 4) is 5.69 Å². The third kappa shape index (κ3) is 2.45. The largest absolute Gasteiger partial charge is 0.496 e. The summed E-state index contributed by atoms with van der Waals surface area (Å²) in [5, 5.41) is 0.418. The van der Waals surface area contributed by atoms with E-state index in [-0.39, 0.29) is 11.2 Å². The van der Waals surface area contributed by atoms with Gasteiger partial charge in [0.25, 0.3) is 0 Å². The zero-order chi connectivity index (χ0) is 16.1. The van der Waals surface area contributed by atoms with Crippen LogP contribution in [0.1, 0.15) is 33.5 Å². The molecule has 2 aromatic rings. The number of hydrogen-bond acceptors (Lipinski definition) is 4. The van der Waals surface area contributed by atoms with Crippen LogP contribution in [0.2, 0.25) is 5.15 Å². The zero-order valence-electron chi connectivity index (χ0n) is 13.4. The van der Waals surface area contributed by atoms with Crippen LogP contribution in [0.4, 0.5) is 0 Å². The fourth-order valence-corrected chi connectivity index (χ4v) is 2.56. The van der Waals surface area contributed by atoms with E-state index in [0.717, 1.165) is 17.0 Å². The van der Waals surface area contributed by atoms with Crippen molar-refractivity contribution >= 4 is 24.2 Å². The summed E-state index contributed by atoms with van der Waals surface area (Å²) < 4.78 is 14.0. The van der Waals surface area contributed by atoms with E-state index >= 15 is 0 Å². The minimum atomic E-state index is -0.461. The van der Waals surface area contributed by atoms with Crippen molar-refractivity contribution < 1.29 is 9.31 Å². The quantitative estimate of drug-likeness (QED) is 0.630. The molecule has 0 atom stereocenters. The first-order valence-corrected chi connectivity index (χ1v) is 7.60. The Morgan fingerprint density at radius 3 is 2.32 bits per heavy atom. The van der Waals surface area contributed by atoms with E-state index in [9.17, 15) is 0 Å². The first-order chi connectivity index (χ1) is 10.2. The number of pyridine rings is 1. The van der Waals surface area contributed by atoms with Crippen LogP contribution in [0, 0.1) is 6.92 Å². The third-order valence-corrected chi connectivity index (χ3v) is 4.74. The highest BCUT2D eigenvalue weighted by Gasteiger charge is 2.51. The van der Waals surface area contributed by atoms with Gasteiger partial charge in [-0.25, -0.2) is 9.97 Å². The molecule has 0 aromatic carbocycles. The molecule has 0 radical (unpaired) electrons. The van der Waals surface area contributed by atoms with E-state index in [2.05, 4.69) is 9.97 Å². The van der Waals surface area contributed by atoms with Crippen LogP contribution in [0.25, 0.3) is 5.69 Å². The van der Waals surface area contributed by atoms with Gasteiger partial charge in [0.1, 0.15) is 5.82 Å². The minimum Gasteiger partial charge on any atom is -0.399 e. The summed E-state index contributed by atoms with van der Waals surface area (Å²) in [6.07, 6.45) is 5.28. The molecule has 0 saturated carbocycles. The first kappa shape index (κ1) is 15.5. The lowest BCUT2D eigenvalue weighted by Gasteiger charge is -2.32. The Morgan fingerprint density at radius 2 is 1.77 bits per heavy atom. The predicted octanol–water partition coefficient (Wildman–Crippen LogP) is 2.53. The van der Waals surface area contributed by atoms with Gasteiger partial charge in [0.15, 0.2) is 5.15 Å². The van der Waals surface area contributed by atoms with Gasteiger partial charge in [-0.2, -0.15) is 0 Å². The van der Waals surface area contributed by atoms with Gasteiger partial charge < -0.3 is 13.9 Å². The van der Waals surface area contributed by atoms with E-state index in [4.69, 9.17) is 20.9 Å². The molecule has 22 heavy (non-hydrogen) atoms. The van der Waals surface area contributed by atoms with Gasteiger partial charge in [-0.15, -0.1) is 0 Å². The van der Waals surface area contributed by atoms with Gasteiger partial charge in [0.2, 0.25) is 0 Å². The van der Waals surface area contributed by atoms with E-state index in [0.29, 0.717) is 5.15 Å². The number of aryl methyl sites for hydroxylation is 1. The molecule has 1 aliphatic rings. The fraction of sp³-hybridized carbons (Fsp3) is 0.467.